The molecule has 0 aliphatic carbocycles. The number of likely N-dealkylation sites (tertiary alicyclic amines) is 1. The number of aryl methyl sites for hydroxylation is 1. The van der Waals surface area contributed by atoms with E-state index in [1.807, 2.05) is 12.3 Å². The van der Waals surface area contributed by atoms with Crippen molar-refractivity contribution in [3.8, 4) is 0 Å². The van der Waals surface area contributed by atoms with Crippen LogP contribution in [0.3, 0.4) is 0 Å². The Bertz CT molecular complexity index is 698. The van der Waals surface area contributed by atoms with Crippen LogP contribution in [0.25, 0.3) is 4.96 Å². The van der Waals surface area contributed by atoms with Crippen molar-refractivity contribution in [2.24, 2.45) is 11.7 Å². The number of thiazole rings is 1. The number of rotatable bonds is 3. The molecule has 3 rings (SSSR count). The first kappa shape index (κ1) is 17.4. The first-order chi connectivity index (χ1) is 10.1. The van der Waals surface area contributed by atoms with E-state index in [-0.39, 0.29) is 18.0 Å². The van der Waals surface area contributed by atoms with Gasteiger partial charge >= 0.3 is 0 Å². The van der Waals surface area contributed by atoms with E-state index in [2.05, 4.69) is 16.8 Å². The molecule has 3 heterocycles. The van der Waals surface area contributed by atoms with Crippen LogP contribution in [0.5, 0.6) is 0 Å². The lowest BCUT2D eigenvalue weighted by molar-refractivity contribution is 0.0978. The van der Waals surface area contributed by atoms with Gasteiger partial charge in [0, 0.05) is 36.3 Å². The molecule has 7 heteroatoms. The molecule has 2 aromatic rings. The summed E-state index contributed by atoms with van der Waals surface area (Å²) in [5.41, 5.74) is 7.76. The average Bonchev–Trinajstić information content (AvgIpc) is 2.81. The van der Waals surface area contributed by atoms with Crippen molar-refractivity contribution < 1.29 is 0 Å². The number of nitrogens with zero attached hydrogens (tertiary/aromatic N) is 3. The van der Waals surface area contributed by atoms with Crippen LogP contribution in [-0.2, 0) is 6.54 Å². The predicted molar refractivity (Wildman–Crippen MR) is 93.0 cm³/mol. The van der Waals surface area contributed by atoms with Crippen LogP contribution in [0, 0.1) is 12.8 Å². The Balaban J connectivity index is 0.00000176. The van der Waals surface area contributed by atoms with Crippen molar-refractivity contribution in [3.05, 3.63) is 33.2 Å². The number of hydrogen-bond donors (Lipinski definition) is 1. The predicted octanol–water partition coefficient (Wildman–Crippen LogP) is 2.05. The summed E-state index contributed by atoms with van der Waals surface area (Å²) >= 11 is 1.52. The molecule has 2 atom stereocenters. The maximum atomic E-state index is 12.2. The minimum atomic E-state index is 0. The average molecular weight is 343 g/mol. The summed E-state index contributed by atoms with van der Waals surface area (Å²) in [5, 5.41) is 1.97. The van der Waals surface area contributed by atoms with E-state index >= 15 is 0 Å². The third-order valence-electron chi connectivity index (χ3n) is 4.47. The van der Waals surface area contributed by atoms with Crippen molar-refractivity contribution >= 4 is 28.7 Å². The number of hydrogen-bond acceptors (Lipinski definition) is 5. The quantitative estimate of drug-likeness (QED) is 0.927. The van der Waals surface area contributed by atoms with Crippen molar-refractivity contribution in [2.75, 3.05) is 13.1 Å². The largest absolute Gasteiger partial charge is 0.329 e. The van der Waals surface area contributed by atoms with Gasteiger partial charge < -0.3 is 5.73 Å². The van der Waals surface area contributed by atoms with Crippen LogP contribution in [0.2, 0.25) is 0 Å². The summed E-state index contributed by atoms with van der Waals surface area (Å²) < 4.78 is 1.67. The summed E-state index contributed by atoms with van der Waals surface area (Å²) in [5.74, 6) is 0.609. The Morgan fingerprint density at radius 1 is 1.50 bits per heavy atom. The molecule has 1 fully saturated rings. The van der Waals surface area contributed by atoms with Crippen LogP contribution in [0.4, 0.5) is 0 Å². The van der Waals surface area contributed by atoms with Crippen LogP contribution in [0.1, 0.15) is 31.2 Å². The topological polar surface area (TPSA) is 63.6 Å². The fourth-order valence-corrected chi connectivity index (χ4v) is 4.19. The minimum absolute atomic E-state index is 0. The van der Waals surface area contributed by atoms with Gasteiger partial charge in [-0.3, -0.25) is 14.1 Å². The summed E-state index contributed by atoms with van der Waals surface area (Å²) in [7, 11) is 0. The van der Waals surface area contributed by atoms with Crippen LogP contribution in [0.15, 0.2) is 16.2 Å². The van der Waals surface area contributed by atoms with Gasteiger partial charge in [0.25, 0.3) is 5.56 Å². The number of nitrogens with two attached hydrogens (primary N) is 1. The third-order valence-corrected chi connectivity index (χ3v) is 5.41. The van der Waals surface area contributed by atoms with Gasteiger partial charge in [0.15, 0.2) is 4.96 Å². The Morgan fingerprint density at radius 3 is 3.00 bits per heavy atom. The summed E-state index contributed by atoms with van der Waals surface area (Å²) in [6, 6.07) is 2.06. The zero-order chi connectivity index (χ0) is 15.0. The van der Waals surface area contributed by atoms with Crippen molar-refractivity contribution in [2.45, 2.75) is 39.3 Å². The highest BCUT2D eigenvalue weighted by molar-refractivity contribution is 7.15. The van der Waals surface area contributed by atoms with E-state index in [0.717, 1.165) is 29.4 Å². The van der Waals surface area contributed by atoms with Gasteiger partial charge in [-0.25, -0.2) is 4.98 Å². The first-order valence-corrected chi connectivity index (χ1v) is 8.39. The zero-order valence-corrected chi connectivity index (χ0v) is 14.6. The van der Waals surface area contributed by atoms with Gasteiger partial charge in [-0.15, -0.1) is 23.7 Å². The molecular formula is C15H23ClN4OS. The minimum Gasteiger partial charge on any atom is -0.329 e. The van der Waals surface area contributed by atoms with Crippen molar-refractivity contribution in [3.63, 3.8) is 0 Å². The third kappa shape index (κ3) is 3.20. The number of piperidine rings is 1. The van der Waals surface area contributed by atoms with Crippen molar-refractivity contribution in [1.82, 2.24) is 14.3 Å². The van der Waals surface area contributed by atoms with Gasteiger partial charge in [0.1, 0.15) is 0 Å². The van der Waals surface area contributed by atoms with Gasteiger partial charge in [0.05, 0.1) is 5.69 Å². The highest BCUT2D eigenvalue weighted by Gasteiger charge is 2.27. The van der Waals surface area contributed by atoms with E-state index in [1.165, 1.54) is 24.2 Å². The highest BCUT2D eigenvalue weighted by Crippen LogP contribution is 2.24. The molecule has 5 nitrogen and oxygen atoms in total. The van der Waals surface area contributed by atoms with Crippen LogP contribution in [-0.4, -0.2) is 33.4 Å². The Hall–Kier alpha value is -0.950. The molecule has 2 N–H and O–H groups in total. The van der Waals surface area contributed by atoms with Crippen molar-refractivity contribution in [1.29, 1.82) is 0 Å². The normalized spacial score (nSPS) is 22.7. The SMILES string of the molecule is Cc1csc2nc(CN3CCCC(C)C3CN)cc(=O)n12.Cl. The molecule has 2 aromatic heterocycles. The molecule has 0 amide bonds. The smallest absolute Gasteiger partial charge is 0.259 e. The number of halogens is 1. The monoisotopic (exact) mass is 342 g/mol. The Morgan fingerprint density at radius 2 is 2.27 bits per heavy atom. The molecule has 1 saturated heterocycles. The number of aromatic nitrogens is 2. The molecule has 0 spiro atoms. The zero-order valence-electron chi connectivity index (χ0n) is 13.0. The second-order valence-corrected chi connectivity index (χ2v) is 6.81. The summed E-state index contributed by atoms with van der Waals surface area (Å²) in [4.78, 5) is 20.0. The maximum absolute atomic E-state index is 12.2. The molecule has 122 valence electrons. The summed E-state index contributed by atoms with van der Waals surface area (Å²) in [6.45, 7) is 6.62. The van der Waals surface area contributed by atoms with Gasteiger partial charge in [-0.2, -0.15) is 0 Å². The first-order valence-electron chi connectivity index (χ1n) is 7.51. The van der Waals surface area contributed by atoms with Crippen LogP contribution >= 0.6 is 23.7 Å². The molecule has 1 aliphatic heterocycles. The van der Waals surface area contributed by atoms with E-state index in [4.69, 9.17) is 5.73 Å². The fraction of sp³-hybridized carbons (Fsp3) is 0.600. The van der Waals surface area contributed by atoms with Crippen LogP contribution < -0.4 is 11.3 Å². The second-order valence-electron chi connectivity index (χ2n) is 5.97. The lowest BCUT2D eigenvalue weighted by atomic mass is 9.90. The lowest BCUT2D eigenvalue weighted by Crippen LogP contribution is -2.48. The Labute approximate surface area is 140 Å². The molecule has 0 bridgehead atoms. The fourth-order valence-electron chi connectivity index (χ4n) is 3.30. The highest BCUT2D eigenvalue weighted by atomic mass is 35.5. The van der Waals surface area contributed by atoms with Gasteiger partial charge in [0.2, 0.25) is 0 Å². The number of fused-ring (bicyclic) bond motifs is 1. The van der Waals surface area contributed by atoms with E-state index in [0.29, 0.717) is 18.5 Å². The maximum Gasteiger partial charge on any atom is 0.259 e. The molecular weight excluding hydrogens is 320 g/mol. The summed E-state index contributed by atoms with van der Waals surface area (Å²) in [6.07, 6.45) is 2.43. The molecule has 0 aromatic carbocycles. The van der Waals surface area contributed by atoms with E-state index < -0.39 is 0 Å². The van der Waals surface area contributed by atoms with E-state index in [9.17, 15) is 4.79 Å². The van der Waals surface area contributed by atoms with Gasteiger partial charge in [-0.05, 0) is 32.2 Å². The molecule has 0 saturated carbocycles. The van der Waals surface area contributed by atoms with E-state index in [1.54, 1.807) is 10.5 Å². The lowest BCUT2D eigenvalue weighted by Gasteiger charge is -2.39. The second kappa shape index (κ2) is 7.08. The molecule has 22 heavy (non-hydrogen) atoms. The Kier molecular flexibility index (Phi) is 5.60. The molecule has 0 radical (unpaired) electrons. The van der Waals surface area contributed by atoms with Gasteiger partial charge in [-0.1, -0.05) is 6.92 Å². The standard InChI is InChI=1S/C15H22N4OS.ClH/c1-10-4-3-5-18(13(10)7-16)8-12-6-14(20)19-11(2)9-21-15(19)17-12;/h6,9-10,13H,3-5,7-8,16H2,1-2H3;1H. The molecule has 1 aliphatic rings. The molecule has 2 unspecified atom stereocenters.